The zero-order valence-electron chi connectivity index (χ0n) is 14.0. The third-order valence-corrected chi connectivity index (χ3v) is 3.82. The second-order valence-corrected chi connectivity index (χ2v) is 5.96. The number of methoxy groups -OCH3 is 1. The van der Waals surface area contributed by atoms with Crippen LogP contribution in [-0.2, 0) is 22.4 Å². The molecule has 0 aliphatic carbocycles. The van der Waals surface area contributed by atoms with E-state index in [2.05, 4.69) is 10.6 Å². The summed E-state index contributed by atoms with van der Waals surface area (Å²) >= 11 is 5.81. The van der Waals surface area contributed by atoms with Crippen LogP contribution in [-0.4, -0.2) is 32.0 Å². The standard InChI is InChI=1S/C19H21ClN2O3/c1-25-17-8-4-15(5-9-17)13-19(24)22-11-10-21-18(23)12-14-2-6-16(20)7-3-14/h2-9H,10-13H2,1H3,(H,21,23)(H,22,24). The lowest BCUT2D eigenvalue weighted by Gasteiger charge is -2.08. The monoisotopic (exact) mass is 360 g/mol. The molecule has 0 atom stereocenters. The van der Waals surface area contributed by atoms with Crippen LogP contribution in [0.5, 0.6) is 5.75 Å². The van der Waals surface area contributed by atoms with E-state index in [1.54, 1.807) is 19.2 Å². The highest BCUT2D eigenvalue weighted by Crippen LogP contribution is 2.11. The maximum atomic E-state index is 11.9. The molecule has 6 heteroatoms. The van der Waals surface area contributed by atoms with Crippen LogP contribution < -0.4 is 15.4 Å². The van der Waals surface area contributed by atoms with Crippen molar-refractivity contribution in [3.8, 4) is 5.75 Å². The molecule has 0 bridgehead atoms. The summed E-state index contributed by atoms with van der Waals surface area (Å²) in [4.78, 5) is 23.7. The molecule has 2 rings (SSSR count). The Morgan fingerprint density at radius 1 is 0.840 bits per heavy atom. The molecular weight excluding hydrogens is 340 g/mol. The summed E-state index contributed by atoms with van der Waals surface area (Å²) in [6.07, 6.45) is 0.583. The first-order valence-electron chi connectivity index (χ1n) is 7.97. The van der Waals surface area contributed by atoms with E-state index in [1.165, 1.54) is 0 Å². The van der Waals surface area contributed by atoms with Crippen LogP contribution in [0.4, 0.5) is 0 Å². The van der Waals surface area contributed by atoms with Crippen molar-refractivity contribution in [2.45, 2.75) is 12.8 Å². The Hall–Kier alpha value is -2.53. The highest BCUT2D eigenvalue weighted by atomic mass is 35.5. The number of carbonyl (C=O) groups is 2. The smallest absolute Gasteiger partial charge is 0.224 e. The highest BCUT2D eigenvalue weighted by molar-refractivity contribution is 6.30. The largest absolute Gasteiger partial charge is 0.497 e. The molecule has 0 saturated carbocycles. The van der Waals surface area contributed by atoms with Crippen molar-refractivity contribution in [3.05, 3.63) is 64.7 Å². The second-order valence-electron chi connectivity index (χ2n) is 5.53. The Morgan fingerprint density at radius 3 is 1.72 bits per heavy atom. The van der Waals surface area contributed by atoms with Gasteiger partial charge in [0, 0.05) is 18.1 Å². The quantitative estimate of drug-likeness (QED) is 0.710. The Morgan fingerprint density at radius 2 is 1.28 bits per heavy atom. The van der Waals surface area contributed by atoms with Crippen LogP contribution in [0.2, 0.25) is 5.02 Å². The predicted octanol–water partition coefficient (Wildman–Crippen LogP) is 2.37. The molecule has 0 saturated heterocycles. The molecular formula is C19H21ClN2O3. The third-order valence-electron chi connectivity index (χ3n) is 3.57. The highest BCUT2D eigenvalue weighted by Gasteiger charge is 2.05. The minimum absolute atomic E-state index is 0.0860. The van der Waals surface area contributed by atoms with E-state index in [0.717, 1.165) is 16.9 Å². The molecule has 0 spiro atoms. The average Bonchev–Trinajstić information content (AvgIpc) is 2.61. The van der Waals surface area contributed by atoms with E-state index >= 15 is 0 Å². The van der Waals surface area contributed by atoms with E-state index in [4.69, 9.17) is 16.3 Å². The summed E-state index contributed by atoms with van der Waals surface area (Å²) in [5, 5.41) is 6.20. The van der Waals surface area contributed by atoms with Gasteiger partial charge >= 0.3 is 0 Å². The number of carbonyl (C=O) groups excluding carboxylic acids is 2. The summed E-state index contributed by atoms with van der Waals surface area (Å²) in [7, 11) is 1.60. The summed E-state index contributed by atoms with van der Waals surface area (Å²) in [6, 6.07) is 14.5. The molecule has 5 nitrogen and oxygen atoms in total. The molecule has 2 aromatic carbocycles. The van der Waals surface area contributed by atoms with Gasteiger partial charge in [0.05, 0.1) is 20.0 Å². The summed E-state index contributed by atoms with van der Waals surface area (Å²) in [5.41, 5.74) is 1.80. The molecule has 0 aliphatic heterocycles. The molecule has 132 valence electrons. The minimum Gasteiger partial charge on any atom is -0.497 e. The average molecular weight is 361 g/mol. The lowest BCUT2D eigenvalue weighted by molar-refractivity contribution is -0.122. The number of ether oxygens (including phenoxy) is 1. The number of halogens is 1. The normalized spacial score (nSPS) is 10.2. The van der Waals surface area contributed by atoms with Crippen LogP contribution in [0.25, 0.3) is 0 Å². The van der Waals surface area contributed by atoms with Crippen molar-refractivity contribution >= 4 is 23.4 Å². The molecule has 0 unspecified atom stereocenters. The molecule has 0 radical (unpaired) electrons. The van der Waals surface area contributed by atoms with Gasteiger partial charge in [0.2, 0.25) is 11.8 Å². The zero-order chi connectivity index (χ0) is 18.1. The van der Waals surface area contributed by atoms with Crippen molar-refractivity contribution in [3.63, 3.8) is 0 Å². The number of nitrogens with one attached hydrogen (secondary N) is 2. The maximum Gasteiger partial charge on any atom is 0.224 e. The van der Waals surface area contributed by atoms with Crippen LogP contribution in [0, 0.1) is 0 Å². The van der Waals surface area contributed by atoms with Gasteiger partial charge in [-0.15, -0.1) is 0 Å². The summed E-state index contributed by atoms with van der Waals surface area (Å²) < 4.78 is 5.08. The fourth-order valence-corrected chi connectivity index (χ4v) is 2.37. The van der Waals surface area contributed by atoms with Gasteiger partial charge in [-0.05, 0) is 35.4 Å². The van der Waals surface area contributed by atoms with E-state index in [0.29, 0.717) is 24.5 Å². The SMILES string of the molecule is COc1ccc(CC(=O)NCCNC(=O)Cc2ccc(Cl)cc2)cc1. The third kappa shape index (κ3) is 6.85. The first kappa shape index (κ1) is 18.8. The fraction of sp³-hybridized carbons (Fsp3) is 0.263. The number of hydrogen-bond donors (Lipinski definition) is 2. The Bertz CT molecular complexity index is 700. The van der Waals surface area contributed by atoms with Crippen LogP contribution in [0.15, 0.2) is 48.5 Å². The molecule has 25 heavy (non-hydrogen) atoms. The van der Waals surface area contributed by atoms with Gasteiger partial charge in [0.25, 0.3) is 0 Å². The molecule has 0 heterocycles. The van der Waals surface area contributed by atoms with Gasteiger partial charge in [0.15, 0.2) is 0 Å². The molecule has 2 amide bonds. The molecule has 2 N–H and O–H groups in total. The van der Waals surface area contributed by atoms with Gasteiger partial charge < -0.3 is 15.4 Å². The first-order valence-corrected chi connectivity index (χ1v) is 8.35. The van der Waals surface area contributed by atoms with Crippen molar-refractivity contribution < 1.29 is 14.3 Å². The molecule has 0 aliphatic rings. The molecule has 0 fully saturated rings. The van der Waals surface area contributed by atoms with Gasteiger partial charge in [-0.25, -0.2) is 0 Å². The molecule has 2 aromatic rings. The van der Waals surface area contributed by atoms with E-state index < -0.39 is 0 Å². The summed E-state index contributed by atoms with van der Waals surface area (Å²) in [5.74, 6) is 0.580. The number of amides is 2. The number of rotatable bonds is 8. The van der Waals surface area contributed by atoms with Gasteiger partial charge in [-0.1, -0.05) is 35.9 Å². The number of benzene rings is 2. The van der Waals surface area contributed by atoms with Crippen LogP contribution in [0.1, 0.15) is 11.1 Å². The van der Waals surface area contributed by atoms with E-state index in [9.17, 15) is 9.59 Å². The van der Waals surface area contributed by atoms with Gasteiger partial charge in [0.1, 0.15) is 5.75 Å². The molecule has 0 aromatic heterocycles. The van der Waals surface area contributed by atoms with E-state index in [-0.39, 0.29) is 18.2 Å². The van der Waals surface area contributed by atoms with Gasteiger partial charge in [-0.3, -0.25) is 9.59 Å². The van der Waals surface area contributed by atoms with E-state index in [1.807, 2.05) is 36.4 Å². The Balaban J connectivity index is 1.63. The Kier molecular flexibility index (Phi) is 7.29. The zero-order valence-corrected chi connectivity index (χ0v) is 14.8. The minimum atomic E-state index is -0.0910. The fourth-order valence-electron chi connectivity index (χ4n) is 2.25. The lowest BCUT2D eigenvalue weighted by atomic mass is 10.1. The predicted molar refractivity (Wildman–Crippen MR) is 97.9 cm³/mol. The van der Waals surface area contributed by atoms with Crippen LogP contribution >= 0.6 is 11.6 Å². The van der Waals surface area contributed by atoms with Crippen LogP contribution in [0.3, 0.4) is 0 Å². The lowest BCUT2D eigenvalue weighted by Crippen LogP contribution is -2.35. The van der Waals surface area contributed by atoms with Crippen molar-refractivity contribution in [2.24, 2.45) is 0 Å². The summed E-state index contributed by atoms with van der Waals surface area (Å²) in [6.45, 7) is 0.780. The van der Waals surface area contributed by atoms with Crippen molar-refractivity contribution in [1.82, 2.24) is 10.6 Å². The second kappa shape index (κ2) is 9.69. The Labute approximate surface area is 152 Å². The number of hydrogen-bond acceptors (Lipinski definition) is 3. The maximum absolute atomic E-state index is 11.9. The topological polar surface area (TPSA) is 67.4 Å². The van der Waals surface area contributed by atoms with Gasteiger partial charge in [-0.2, -0.15) is 0 Å². The van der Waals surface area contributed by atoms with Crippen molar-refractivity contribution in [2.75, 3.05) is 20.2 Å². The first-order chi connectivity index (χ1) is 12.1. The van der Waals surface area contributed by atoms with Crippen molar-refractivity contribution in [1.29, 1.82) is 0 Å².